The van der Waals surface area contributed by atoms with Crippen LogP contribution in [0.2, 0.25) is 0 Å². The number of ether oxygens (including phenoxy) is 6. The Kier molecular flexibility index (Phi) is 7.96. The molecule has 0 unspecified atom stereocenters. The van der Waals surface area contributed by atoms with Crippen LogP contribution >= 0.6 is 0 Å². The average molecular weight is 459 g/mol. The zero-order valence-corrected chi connectivity index (χ0v) is 18.5. The highest BCUT2D eigenvalue weighted by atomic mass is 16.6. The van der Waals surface area contributed by atoms with E-state index >= 15 is 0 Å². The van der Waals surface area contributed by atoms with Crippen LogP contribution < -0.4 is 29.0 Å². The summed E-state index contributed by atoms with van der Waals surface area (Å²) in [6.45, 7) is -0.630. The van der Waals surface area contributed by atoms with E-state index in [1.807, 2.05) is 0 Å². The third kappa shape index (κ3) is 6.06. The minimum absolute atomic E-state index is 0.0101. The molecule has 0 fully saturated rings. The number of aryl methyl sites for hydroxylation is 1. The molecule has 1 aliphatic heterocycles. The van der Waals surface area contributed by atoms with Crippen LogP contribution in [-0.4, -0.2) is 58.4 Å². The number of rotatable bonds is 9. The van der Waals surface area contributed by atoms with Gasteiger partial charge in [0.2, 0.25) is 11.9 Å². The molecule has 1 aliphatic rings. The maximum absolute atomic E-state index is 12.2. The molecule has 2 amide bonds. The van der Waals surface area contributed by atoms with E-state index in [0.717, 1.165) is 5.56 Å². The van der Waals surface area contributed by atoms with Crippen LogP contribution in [0, 0.1) is 0 Å². The number of amides is 2. The quantitative estimate of drug-likeness (QED) is 0.559. The van der Waals surface area contributed by atoms with Crippen molar-refractivity contribution >= 4 is 17.8 Å². The van der Waals surface area contributed by atoms with Gasteiger partial charge < -0.3 is 28.4 Å². The Morgan fingerprint density at radius 2 is 1.67 bits per heavy atom. The highest BCUT2D eigenvalue weighted by Gasteiger charge is 2.28. The molecule has 0 saturated carbocycles. The second-order valence-electron chi connectivity index (χ2n) is 6.97. The van der Waals surface area contributed by atoms with Gasteiger partial charge in [-0.1, -0.05) is 12.1 Å². The molecule has 33 heavy (non-hydrogen) atoms. The first-order chi connectivity index (χ1) is 15.9. The van der Waals surface area contributed by atoms with E-state index in [4.69, 9.17) is 28.4 Å². The summed E-state index contributed by atoms with van der Waals surface area (Å²) in [4.78, 5) is 36.3. The molecule has 10 nitrogen and oxygen atoms in total. The first-order valence-electron chi connectivity index (χ1n) is 10.1. The van der Waals surface area contributed by atoms with Gasteiger partial charge in [-0.05, 0) is 36.2 Å². The number of nitrogens with one attached hydrogen (secondary N) is 1. The molecule has 0 spiro atoms. The Balaban J connectivity index is 1.44. The standard InChI is InChI=1S/C23H25NO9/c1-28-17-10-14(11-18(29-2)22(17)30-3)8-9-21(26)32-13-20(25)24-23(27)19-12-31-15-6-4-5-7-16(15)33-19/h4-7,10-11,19H,8-9,12-13H2,1-3H3,(H,24,25,27)/t19-/m0/s1. The second kappa shape index (κ2) is 11.1. The number of carbonyl (C=O) groups is 3. The van der Waals surface area contributed by atoms with E-state index in [0.29, 0.717) is 35.2 Å². The lowest BCUT2D eigenvalue weighted by atomic mass is 10.1. The van der Waals surface area contributed by atoms with Crippen molar-refractivity contribution in [2.75, 3.05) is 34.5 Å². The van der Waals surface area contributed by atoms with Crippen LogP contribution in [-0.2, 0) is 25.5 Å². The van der Waals surface area contributed by atoms with Crippen LogP contribution in [0.15, 0.2) is 36.4 Å². The molecule has 0 aromatic heterocycles. The Labute approximate surface area is 190 Å². The number of para-hydroxylation sites is 2. The normalized spacial score (nSPS) is 14.1. The van der Waals surface area contributed by atoms with Gasteiger partial charge in [-0.2, -0.15) is 0 Å². The molecule has 2 aromatic carbocycles. The van der Waals surface area contributed by atoms with Crippen molar-refractivity contribution in [1.29, 1.82) is 0 Å². The van der Waals surface area contributed by atoms with E-state index in [1.54, 1.807) is 36.4 Å². The first-order valence-corrected chi connectivity index (χ1v) is 10.1. The molecule has 3 rings (SSSR count). The molecule has 1 heterocycles. The summed E-state index contributed by atoms with van der Waals surface area (Å²) in [7, 11) is 4.50. The van der Waals surface area contributed by atoms with Crippen molar-refractivity contribution in [3.63, 3.8) is 0 Å². The number of benzene rings is 2. The number of hydrogen-bond acceptors (Lipinski definition) is 9. The Morgan fingerprint density at radius 1 is 1.00 bits per heavy atom. The van der Waals surface area contributed by atoms with Crippen molar-refractivity contribution in [2.45, 2.75) is 18.9 Å². The van der Waals surface area contributed by atoms with Gasteiger partial charge in [-0.25, -0.2) is 0 Å². The van der Waals surface area contributed by atoms with Gasteiger partial charge in [0, 0.05) is 6.42 Å². The molecule has 10 heteroatoms. The monoisotopic (exact) mass is 459 g/mol. The minimum atomic E-state index is -0.986. The van der Waals surface area contributed by atoms with Crippen molar-refractivity contribution in [1.82, 2.24) is 5.32 Å². The zero-order chi connectivity index (χ0) is 23.8. The average Bonchev–Trinajstić information content (AvgIpc) is 2.84. The highest BCUT2D eigenvalue weighted by Crippen LogP contribution is 2.38. The van der Waals surface area contributed by atoms with Gasteiger partial charge in [0.15, 0.2) is 29.6 Å². The second-order valence-corrected chi connectivity index (χ2v) is 6.97. The summed E-state index contributed by atoms with van der Waals surface area (Å²) in [5, 5.41) is 2.15. The fraction of sp³-hybridized carbons (Fsp3) is 0.348. The van der Waals surface area contributed by atoms with Crippen LogP contribution in [0.25, 0.3) is 0 Å². The number of carbonyl (C=O) groups excluding carboxylic acids is 3. The van der Waals surface area contributed by atoms with Gasteiger partial charge in [-0.15, -0.1) is 0 Å². The van der Waals surface area contributed by atoms with Gasteiger partial charge in [-0.3, -0.25) is 19.7 Å². The van der Waals surface area contributed by atoms with Gasteiger partial charge in [0.25, 0.3) is 11.8 Å². The molecule has 1 atom stereocenters. The molecular weight excluding hydrogens is 434 g/mol. The lowest BCUT2D eigenvalue weighted by Gasteiger charge is -2.25. The van der Waals surface area contributed by atoms with Gasteiger partial charge in [0.1, 0.15) is 6.61 Å². The smallest absolute Gasteiger partial charge is 0.306 e. The Bertz CT molecular complexity index is 996. The maximum atomic E-state index is 12.2. The SMILES string of the molecule is COc1cc(CCC(=O)OCC(=O)NC(=O)[C@@H]2COc3ccccc3O2)cc(OC)c1OC. The molecule has 176 valence electrons. The Morgan fingerprint density at radius 3 is 2.30 bits per heavy atom. The van der Waals surface area contributed by atoms with E-state index < -0.39 is 30.5 Å². The highest BCUT2D eigenvalue weighted by molar-refractivity contribution is 5.98. The number of fused-ring (bicyclic) bond motifs is 1. The van der Waals surface area contributed by atoms with E-state index in [9.17, 15) is 14.4 Å². The lowest BCUT2D eigenvalue weighted by molar-refractivity contribution is -0.150. The zero-order valence-electron chi connectivity index (χ0n) is 18.5. The largest absolute Gasteiger partial charge is 0.493 e. The van der Waals surface area contributed by atoms with Crippen LogP contribution in [0.4, 0.5) is 0 Å². The van der Waals surface area contributed by atoms with Crippen molar-refractivity contribution in [3.8, 4) is 28.7 Å². The van der Waals surface area contributed by atoms with E-state index in [-0.39, 0.29) is 13.0 Å². The fourth-order valence-corrected chi connectivity index (χ4v) is 3.15. The van der Waals surface area contributed by atoms with Crippen molar-refractivity contribution < 1.29 is 42.8 Å². The summed E-state index contributed by atoms with van der Waals surface area (Å²) in [6.07, 6.45) is -0.654. The number of esters is 1. The van der Waals surface area contributed by atoms with Crippen LogP contribution in [0.1, 0.15) is 12.0 Å². The van der Waals surface area contributed by atoms with Crippen LogP contribution in [0.3, 0.4) is 0 Å². The molecule has 0 aliphatic carbocycles. The van der Waals surface area contributed by atoms with Gasteiger partial charge >= 0.3 is 5.97 Å². The summed E-state index contributed by atoms with van der Waals surface area (Å²) < 4.78 is 31.8. The van der Waals surface area contributed by atoms with E-state index in [1.165, 1.54) is 21.3 Å². The third-order valence-corrected chi connectivity index (χ3v) is 4.77. The number of methoxy groups -OCH3 is 3. The summed E-state index contributed by atoms with van der Waals surface area (Å²) in [5.74, 6) is 0.278. The summed E-state index contributed by atoms with van der Waals surface area (Å²) >= 11 is 0. The molecule has 0 saturated heterocycles. The molecule has 0 bridgehead atoms. The molecule has 1 N–H and O–H groups in total. The van der Waals surface area contributed by atoms with Crippen molar-refractivity contribution in [2.24, 2.45) is 0 Å². The predicted molar refractivity (Wildman–Crippen MR) is 115 cm³/mol. The van der Waals surface area contributed by atoms with Gasteiger partial charge in [0.05, 0.1) is 21.3 Å². The number of hydrogen-bond donors (Lipinski definition) is 1. The fourth-order valence-electron chi connectivity index (χ4n) is 3.15. The maximum Gasteiger partial charge on any atom is 0.306 e. The van der Waals surface area contributed by atoms with E-state index in [2.05, 4.69) is 5.32 Å². The summed E-state index contributed by atoms with van der Waals surface area (Å²) in [6, 6.07) is 10.3. The summed E-state index contributed by atoms with van der Waals surface area (Å²) in [5.41, 5.74) is 0.760. The third-order valence-electron chi connectivity index (χ3n) is 4.77. The topological polar surface area (TPSA) is 119 Å². The number of imide groups is 1. The lowest BCUT2D eigenvalue weighted by Crippen LogP contribution is -2.47. The molecular formula is C23H25NO9. The van der Waals surface area contributed by atoms with Crippen molar-refractivity contribution in [3.05, 3.63) is 42.0 Å². The molecule has 2 aromatic rings. The Hall–Kier alpha value is -3.95. The molecule has 0 radical (unpaired) electrons. The van der Waals surface area contributed by atoms with Crippen LogP contribution in [0.5, 0.6) is 28.7 Å². The predicted octanol–water partition coefficient (Wildman–Crippen LogP) is 1.67. The minimum Gasteiger partial charge on any atom is -0.493 e. The first kappa shape index (κ1) is 23.7.